The molecule has 3 aromatic carbocycles. The number of carbonyl (C=O) groups is 2. The number of ether oxygens (including phenoxy) is 4. The molecular formula is C22H18O6. The molecule has 0 saturated heterocycles. The van der Waals surface area contributed by atoms with Crippen molar-refractivity contribution in [3.05, 3.63) is 84.9 Å². The molecule has 28 heavy (non-hydrogen) atoms. The Morgan fingerprint density at radius 3 is 1.21 bits per heavy atom. The topological polar surface area (TPSA) is 71.1 Å². The molecule has 0 saturated carbocycles. The van der Waals surface area contributed by atoms with Gasteiger partial charge in [0.05, 0.1) is 0 Å². The van der Waals surface area contributed by atoms with Gasteiger partial charge in [-0.2, -0.15) is 0 Å². The summed E-state index contributed by atoms with van der Waals surface area (Å²) in [6.45, 7) is -0.447. The molecule has 0 amide bonds. The van der Waals surface area contributed by atoms with Gasteiger partial charge >= 0.3 is 11.9 Å². The molecule has 6 nitrogen and oxygen atoms in total. The predicted octanol–water partition coefficient (Wildman–Crippen LogP) is 3.66. The third-order valence-electron chi connectivity index (χ3n) is 3.49. The van der Waals surface area contributed by atoms with Crippen molar-refractivity contribution in [2.45, 2.75) is 0 Å². The minimum atomic E-state index is -0.504. The smallest absolute Gasteiger partial charge is 0.349 e. The molecule has 0 heterocycles. The second-order valence-corrected chi connectivity index (χ2v) is 5.62. The predicted molar refractivity (Wildman–Crippen MR) is 102 cm³/mol. The lowest BCUT2D eigenvalue weighted by atomic mass is 10.3. The fourth-order valence-electron chi connectivity index (χ4n) is 2.22. The molecule has 0 unspecified atom stereocenters. The summed E-state index contributed by atoms with van der Waals surface area (Å²) in [4.78, 5) is 23.5. The van der Waals surface area contributed by atoms with Gasteiger partial charge < -0.3 is 18.9 Å². The van der Waals surface area contributed by atoms with Gasteiger partial charge in [0.15, 0.2) is 13.2 Å². The molecule has 3 rings (SSSR count). The highest BCUT2D eigenvalue weighted by Crippen LogP contribution is 2.18. The van der Waals surface area contributed by atoms with Crippen molar-refractivity contribution in [2.24, 2.45) is 0 Å². The molecular weight excluding hydrogens is 360 g/mol. The van der Waals surface area contributed by atoms with E-state index in [9.17, 15) is 9.59 Å². The molecule has 142 valence electrons. The zero-order valence-electron chi connectivity index (χ0n) is 14.9. The molecule has 0 N–H and O–H groups in total. The number of hydrogen-bond donors (Lipinski definition) is 0. The SMILES string of the molecule is O=C(COc1ccc(OCC(=O)Oc2ccccc2)cc1)Oc1ccccc1. The maximum Gasteiger partial charge on any atom is 0.349 e. The number of benzene rings is 3. The average Bonchev–Trinajstić information content (AvgIpc) is 2.73. The Bertz CT molecular complexity index is 815. The van der Waals surface area contributed by atoms with E-state index in [1.807, 2.05) is 12.1 Å². The van der Waals surface area contributed by atoms with Crippen LogP contribution in [-0.2, 0) is 9.59 Å². The first-order valence-electron chi connectivity index (χ1n) is 8.56. The molecule has 0 aromatic heterocycles. The van der Waals surface area contributed by atoms with Crippen molar-refractivity contribution in [3.63, 3.8) is 0 Å². The second kappa shape index (κ2) is 9.78. The van der Waals surface area contributed by atoms with Gasteiger partial charge in [0.2, 0.25) is 0 Å². The fourth-order valence-corrected chi connectivity index (χ4v) is 2.22. The molecule has 3 aromatic rings. The summed E-state index contributed by atoms with van der Waals surface area (Å²) in [6, 6.07) is 24.0. The van der Waals surface area contributed by atoms with Crippen LogP contribution in [0.2, 0.25) is 0 Å². The van der Waals surface area contributed by atoms with E-state index in [0.29, 0.717) is 23.0 Å². The number of esters is 2. The van der Waals surface area contributed by atoms with Gasteiger partial charge in [0.25, 0.3) is 0 Å². The molecule has 0 aliphatic heterocycles. The van der Waals surface area contributed by atoms with E-state index in [-0.39, 0.29) is 13.2 Å². The standard InChI is InChI=1S/C22H18O6/c23-21(27-19-7-3-1-4-8-19)15-25-17-11-13-18(14-12-17)26-16-22(24)28-20-9-5-2-6-10-20/h1-14H,15-16H2. The van der Waals surface area contributed by atoms with Gasteiger partial charge in [0.1, 0.15) is 23.0 Å². The van der Waals surface area contributed by atoms with Crippen LogP contribution in [0.1, 0.15) is 0 Å². The molecule has 6 heteroatoms. The number of carbonyl (C=O) groups excluding carboxylic acids is 2. The Morgan fingerprint density at radius 1 is 0.500 bits per heavy atom. The Morgan fingerprint density at radius 2 is 0.857 bits per heavy atom. The van der Waals surface area contributed by atoms with Crippen LogP contribution in [0, 0.1) is 0 Å². The lowest BCUT2D eigenvalue weighted by molar-refractivity contribution is -0.137. The van der Waals surface area contributed by atoms with E-state index in [2.05, 4.69) is 0 Å². The maximum atomic E-state index is 11.8. The largest absolute Gasteiger partial charge is 0.482 e. The molecule has 0 bridgehead atoms. The summed E-state index contributed by atoms with van der Waals surface area (Å²) in [7, 11) is 0. The van der Waals surface area contributed by atoms with Gasteiger partial charge in [-0.05, 0) is 48.5 Å². The molecule has 0 radical (unpaired) electrons. The maximum absolute atomic E-state index is 11.8. The summed E-state index contributed by atoms with van der Waals surface area (Å²) < 4.78 is 21.0. The Labute approximate surface area is 162 Å². The van der Waals surface area contributed by atoms with Crippen molar-refractivity contribution >= 4 is 11.9 Å². The summed E-state index contributed by atoms with van der Waals surface area (Å²) in [5.41, 5.74) is 0. The Hall–Kier alpha value is -3.80. The van der Waals surface area contributed by atoms with Crippen molar-refractivity contribution in [1.82, 2.24) is 0 Å². The number of rotatable bonds is 8. The minimum absolute atomic E-state index is 0.224. The highest BCUT2D eigenvalue weighted by Gasteiger charge is 2.08. The lowest BCUT2D eigenvalue weighted by Crippen LogP contribution is -2.18. The fraction of sp³-hybridized carbons (Fsp3) is 0.0909. The van der Waals surface area contributed by atoms with Crippen molar-refractivity contribution in [1.29, 1.82) is 0 Å². The second-order valence-electron chi connectivity index (χ2n) is 5.62. The van der Waals surface area contributed by atoms with Crippen LogP contribution in [0.15, 0.2) is 84.9 Å². The molecule has 0 atom stereocenters. The average molecular weight is 378 g/mol. The highest BCUT2D eigenvalue weighted by molar-refractivity contribution is 5.74. The Kier molecular flexibility index (Phi) is 6.62. The minimum Gasteiger partial charge on any atom is -0.482 e. The van der Waals surface area contributed by atoms with E-state index in [4.69, 9.17) is 18.9 Å². The van der Waals surface area contributed by atoms with Crippen molar-refractivity contribution < 1.29 is 28.5 Å². The van der Waals surface area contributed by atoms with E-state index in [1.54, 1.807) is 72.8 Å². The van der Waals surface area contributed by atoms with Crippen LogP contribution >= 0.6 is 0 Å². The molecule has 0 fully saturated rings. The van der Waals surface area contributed by atoms with E-state index >= 15 is 0 Å². The molecule has 0 spiro atoms. The highest BCUT2D eigenvalue weighted by atomic mass is 16.6. The van der Waals surface area contributed by atoms with Crippen LogP contribution in [0.25, 0.3) is 0 Å². The third-order valence-corrected chi connectivity index (χ3v) is 3.49. The number of para-hydroxylation sites is 2. The summed E-state index contributed by atoms with van der Waals surface area (Å²) in [5, 5.41) is 0. The normalized spacial score (nSPS) is 10.0. The molecule has 0 aliphatic rings. The van der Waals surface area contributed by atoms with Crippen molar-refractivity contribution in [3.8, 4) is 23.0 Å². The van der Waals surface area contributed by atoms with E-state index < -0.39 is 11.9 Å². The molecule has 0 aliphatic carbocycles. The lowest BCUT2D eigenvalue weighted by Gasteiger charge is -2.09. The van der Waals surface area contributed by atoms with Crippen LogP contribution < -0.4 is 18.9 Å². The van der Waals surface area contributed by atoms with Crippen LogP contribution in [0.4, 0.5) is 0 Å². The van der Waals surface area contributed by atoms with Crippen LogP contribution in [0.3, 0.4) is 0 Å². The zero-order chi connectivity index (χ0) is 19.6. The first-order chi connectivity index (χ1) is 13.7. The first kappa shape index (κ1) is 19.0. The third kappa shape index (κ3) is 6.17. The summed E-state index contributed by atoms with van der Waals surface area (Å²) >= 11 is 0. The quantitative estimate of drug-likeness (QED) is 0.440. The summed E-state index contributed by atoms with van der Waals surface area (Å²) in [6.07, 6.45) is 0. The van der Waals surface area contributed by atoms with Gasteiger partial charge in [-0.25, -0.2) is 9.59 Å². The first-order valence-corrected chi connectivity index (χ1v) is 8.56. The van der Waals surface area contributed by atoms with Gasteiger partial charge in [0, 0.05) is 0 Å². The number of hydrogen-bond acceptors (Lipinski definition) is 6. The van der Waals surface area contributed by atoms with Gasteiger partial charge in [-0.1, -0.05) is 36.4 Å². The van der Waals surface area contributed by atoms with Gasteiger partial charge in [-0.3, -0.25) is 0 Å². The van der Waals surface area contributed by atoms with Crippen LogP contribution in [-0.4, -0.2) is 25.2 Å². The van der Waals surface area contributed by atoms with E-state index in [0.717, 1.165) is 0 Å². The van der Waals surface area contributed by atoms with Crippen molar-refractivity contribution in [2.75, 3.05) is 13.2 Å². The van der Waals surface area contributed by atoms with E-state index in [1.165, 1.54) is 0 Å². The Balaban J connectivity index is 1.40. The monoisotopic (exact) mass is 378 g/mol. The zero-order valence-corrected chi connectivity index (χ0v) is 14.9. The van der Waals surface area contributed by atoms with Crippen LogP contribution in [0.5, 0.6) is 23.0 Å². The summed E-state index contributed by atoms with van der Waals surface area (Å²) in [5.74, 6) is 0.864. The van der Waals surface area contributed by atoms with Gasteiger partial charge in [-0.15, -0.1) is 0 Å².